The van der Waals surface area contributed by atoms with Crippen LogP contribution in [0, 0.1) is 0 Å². The Labute approximate surface area is 50.7 Å². The van der Waals surface area contributed by atoms with Gasteiger partial charge in [-0.1, -0.05) is 16.9 Å². The van der Waals surface area contributed by atoms with Gasteiger partial charge in [0.25, 0.3) is 0 Å². The van der Waals surface area contributed by atoms with E-state index in [9.17, 15) is 0 Å². The molecule has 0 radical (unpaired) electrons. The fourth-order valence-corrected chi connectivity index (χ4v) is 0.722. The topological polar surface area (TPSA) is 46.3 Å². The number of aliphatic hydroxyl groups excluding tert-OH is 1. The lowest BCUT2D eigenvalue weighted by Crippen LogP contribution is -1.68. The molecule has 1 N–H and O–H groups in total. The minimum atomic E-state index is 0.0369. The molecule has 1 aromatic rings. The van der Waals surface area contributed by atoms with E-state index in [4.69, 9.17) is 5.11 Å². The number of thioether (sulfide) groups is 1. The second-order valence-electron chi connectivity index (χ2n) is 1.10. The first kappa shape index (κ1) is 5.65. The zero-order valence-electron chi connectivity index (χ0n) is 4.07. The Balaban J connectivity index is 2.50. The normalized spacial score (nSPS) is 9.62. The molecule has 4 heteroatoms. The Morgan fingerprint density at radius 3 is 3.25 bits per heavy atom. The summed E-state index contributed by atoms with van der Waals surface area (Å²) in [6, 6.07) is 1.70. The van der Waals surface area contributed by atoms with Gasteiger partial charge < -0.3 is 9.63 Å². The fourth-order valence-electron chi connectivity index (χ4n) is 0.342. The molecule has 0 spiro atoms. The highest BCUT2D eigenvalue weighted by Gasteiger charge is 1.92. The van der Waals surface area contributed by atoms with Crippen LogP contribution in [0.4, 0.5) is 0 Å². The van der Waals surface area contributed by atoms with E-state index in [1.807, 2.05) is 0 Å². The molecule has 3 nitrogen and oxygen atoms in total. The Morgan fingerprint density at radius 1 is 1.88 bits per heavy atom. The molecule has 0 fully saturated rings. The second-order valence-corrected chi connectivity index (χ2v) is 2.05. The zero-order chi connectivity index (χ0) is 5.82. The highest BCUT2D eigenvalue weighted by molar-refractivity contribution is 7.99. The first-order valence-electron chi connectivity index (χ1n) is 2.08. The molecule has 1 heterocycles. The monoisotopic (exact) mass is 131 g/mol. The van der Waals surface area contributed by atoms with E-state index in [1.165, 1.54) is 18.0 Å². The molecule has 0 unspecified atom stereocenters. The van der Waals surface area contributed by atoms with Crippen molar-refractivity contribution >= 4 is 11.8 Å². The Bertz CT molecular complexity index is 140. The Hall–Kier alpha value is -0.480. The van der Waals surface area contributed by atoms with Gasteiger partial charge >= 0.3 is 0 Å². The van der Waals surface area contributed by atoms with E-state index >= 15 is 0 Å². The van der Waals surface area contributed by atoms with Crippen molar-refractivity contribution in [2.75, 3.05) is 5.94 Å². The fraction of sp³-hybridized carbons (Fsp3) is 0.250. The van der Waals surface area contributed by atoms with Gasteiger partial charge in [0.1, 0.15) is 0 Å². The van der Waals surface area contributed by atoms with E-state index in [2.05, 4.69) is 9.68 Å². The predicted molar refractivity (Wildman–Crippen MR) is 29.4 cm³/mol. The van der Waals surface area contributed by atoms with Crippen LogP contribution in [0.5, 0.6) is 0 Å². The van der Waals surface area contributed by atoms with Crippen LogP contribution in [0.15, 0.2) is 21.9 Å². The third-order valence-corrected chi connectivity index (χ3v) is 1.25. The standard InChI is InChI=1S/C4H5NO2S/c6-3-8-4-1-2-5-7-4/h1-2,6H,3H2. The molecule has 1 aromatic heterocycles. The molecule has 0 aliphatic carbocycles. The molecule has 0 aliphatic rings. The second kappa shape index (κ2) is 2.74. The summed E-state index contributed by atoms with van der Waals surface area (Å²) in [5, 5.41) is 12.4. The van der Waals surface area contributed by atoms with Crippen LogP contribution in [0.3, 0.4) is 0 Å². The lowest BCUT2D eigenvalue weighted by atomic mass is 10.8. The first-order valence-corrected chi connectivity index (χ1v) is 3.06. The minimum Gasteiger partial charge on any atom is -0.385 e. The summed E-state index contributed by atoms with van der Waals surface area (Å²) in [6.07, 6.45) is 1.54. The highest BCUT2D eigenvalue weighted by Crippen LogP contribution is 2.13. The van der Waals surface area contributed by atoms with Crippen LogP contribution in [0.1, 0.15) is 0 Å². The van der Waals surface area contributed by atoms with Gasteiger partial charge in [-0.2, -0.15) is 0 Å². The summed E-state index contributed by atoms with van der Waals surface area (Å²) in [7, 11) is 0. The van der Waals surface area contributed by atoms with Crippen LogP contribution >= 0.6 is 11.8 Å². The third kappa shape index (κ3) is 1.24. The number of aliphatic hydroxyl groups is 1. The van der Waals surface area contributed by atoms with Crippen molar-refractivity contribution in [2.24, 2.45) is 0 Å². The van der Waals surface area contributed by atoms with Crippen molar-refractivity contribution in [3.63, 3.8) is 0 Å². The van der Waals surface area contributed by atoms with E-state index in [0.29, 0.717) is 5.09 Å². The molecule has 0 aliphatic heterocycles. The molecule has 0 saturated carbocycles. The third-order valence-electron chi connectivity index (χ3n) is 0.621. The number of aromatic nitrogens is 1. The van der Waals surface area contributed by atoms with Crippen molar-refractivity contribution in [1.82, 2.24) is 5.16 Å². The van der Waals surface area contributed by atoms with Crippen molar-refractivity contribution in [3.05, 3.63) is 12.3 Å². The summed E-state index contributed by atoms with van der Waals surface area (Å²) < 4.78 is 4.63. The molecule has 0 atom stereocenters. The van der Waals surface area contributed by atoms with Crippen LogP contribution in [0.25, 0.3) is 0 Å². The van der Waals surface area contributed by atoms with E-state index in [-0.39, 0.29) is 5.94 Å². The van der Waals surface area contributed by atoms with Crippen LogP contribution in [0.2, 0.25) is 0 Å². The molecule has 8 heavy (non-hydrogen) atoms. The van der Waals surface area contributed by atoms with Crippen LogP contribution in [-0.2, 0) is 0 Å². The summed E-state index contributed by atoms with van der Waals surface area (Å²) in [4.78, 5) is 0. The summed E-state index contributed by atoms with van der Waals surface area (Å²) in [5.41, 5.74) is 0. The molecule has 44 valence electrons. The molecular weight excluding hydrogens is 126 g/mol. The average molecular weight is 131 g/mol. The quantitative estimate of drug-likeness (QED) is 0.474. The number of nitrogens with zero attached hydrogens (tertiary/aromatic N) is 1. The summed E-state index contributed by atoms with van der Waals surface area (Å²) >= 11 is 1.21. The van der Waals surface area contributed by atoms with Gasteiger partial charge in [0, 0.05) is 6.07 Å². The maximum Gasteiger partial charge on any atom is 0.195 e. The molecule has 0 bridgehead atoms. The zero-order valence-corrected chi connectivity index (χ0v) is 4.89. The van der Waals surface area contributed by atoms with Gasteiger partial charge in [0.05, 0.1) is 12.1 Å². The molecular formula is C4H5NO2S. The average Bonchev–Trinajstić information content (AvgIpc) is 2.19. The largest absolute Gasteiger partial charge is 0.385 e. The predicted octanol–water partition coefficient (Wildman–Crippen LogP) is 0.717. The minimum absolute atomic E-state index is 0.0369. The molecule has 0 amide bonds. The summed E-state index contributed by atoms with van der Waals surface area (Å²) in [5.74, 6) is 0.0369. The lowest BCUT2D eigenvalue weighted by Gasteiger charge is -1.83. The Morgan fingerprint density at radius 2 is 2.75 bits per heavy atom. The van der Waals surface area contributed by atoms with Gasteiger partial charge in [-0.3, -0.25) is 0 Å². The molecule has 0 aromatic carbocycles. The molecule has 1 rings (SSSR count). The van der Waals surface area contributed by atoms with Crippen LogP contribution in [-0.4, -0.2) is 16.2 Å². The SMILES string of the molecule is OCSc1ccno1. The first-order chi connectivity index (χ1) is 3.93. The van der Waals surface area contributed by atoms with Gasteiger partial charge in [-0.15, -0.1) is 0 Å². The van der Waals surface area contributed by atoms with E-state index in [0.717, 1.165) is 0 Å². The smallest absolute Gasteiger partial charge is 0.195 e. The van der Waals surface area contributed by atoms with Gasteiger partial charge in [0.2, 0.25) is 0 Å². The molecule has 0 saturated heterocycles. The van der Waals surface area contributed by atoms with Gasteiger partial charge in [-0.05, 0) is 0 Å². The number of hydrogen-bond donors (Lipinski definition) is 1. The van der Waals surface area contributed by atoms with Gasteiger partial charge in [-0.25, -0.2) is 0 Å². The lowest BCUT2D eigenvalue weighted by molar-refractivity contribution is 0.340. The Kier molecular flexibility index (Phi) is 1.93. The highest BCUT2D eigenvalue weighted by atomic mass is 32.2. The maximum absolute atomic E-state index is 8.31. The maximum atomic E-state index is 8.31. The number of rotatable bonds is 2. The summed E-state index contributed by atoms with van der Waals surface area (Å²) in [6.45, 7) is 0. The van der Waals surface area contributed by atoms with Gasteiger partial charge in [0.15, 0.2) is 5.09 Å². The van der Waals surface area contributed by atoms with E-state index in [1.54, 1.807) is 6.07 Å². The van der Waals surface area contributed by atoms with Crippen molar-refractivity contribution in [2.45, 2.75) is 5.09 Å². The van der Waals surface area contributed by atoms with Crippen molar-refractivity contribution < 1.29 is 9.63 Å². The van der Waals surface area contributed by atoms with E-state index < -0.39 is 0 Å². The van der Waals surface area contributed by atoms with Crippen molar-refractivity contribution in [3.8, 4) is 0 Å². The van der Waals surface area contributed by atoms with Crippen molar-refractivity contribution in [1.29, 1.82) is 0 Å². The van der Waals surface area contributed by atoms with Crippen LogP contribution < -0.4 is 0 Å². The number of hydrogen-bond acceptors (Lipinski definition) is 4.